The smallest absolute Gasteiger partial charge is 0.123 e. The molecule has 78 valence electrons. The number of hydrogen-bond acceptors (Lipinski definition) is 2. The van der Waals surface area contributed by atoms with Gasteiger partial charge in [-0.25, -0.2) is 4.39 Å². The molecule has 0 amide bonds. The molecular weight excluding hydrogens is 181 g/mol. The van der Waals surface area contributed by atoms with E-state index in [0.717, 1.165) is 5.69 Å². The van der Waals surface area contributed by atoms with Crippen LogP contribution in [0.2, 0.25) is 0 Å². The fourth-order valence-corrected chi connectivity index (χ4v) is 1.17. The van der Waals surface area contributed by atoms with Crippen molar-refractivity contribution in [2.24, 2.45) is 0 Å². The summed E-state index contributed by atoms with van der Waals surface area (Å²) in [6.45, 7) is 3.79. The Hall–Kier alpha value is -1.25. The zero-order valence-electron chi connectivity index (χ0n) is 8.59. The van der Waals surface area contributed by atoms with Crippen LogP contribution >= 0.6 is 0 Å². The SMILES string of the molecule is CC(C)Nc1cccc(OCCF)c1. The maximum absolute atomic E-state index is 11.8. The monoisotopic (exact) mass is 197 g/mol. The zero-order valence-corrected chi connectivity index (χ0v) is 8.59. The van der Waals surface area contributed by atoms with Crippen molar-refractivity contribution in [2.75, 3.05) is 18.6 Å². The van der Waals surface area contributed by atoms with Crippen LogP contribution in [0, 0.1) is 0 Å². The lowest BCUT2D eigenvalue weighted by Crippen LogP contribution is -2.09. The molecule has 0 aromatic heterocycles. The normalized spacial score (nSPS) is 10.3. The zero-order chi connectivity index (χ0) is 10.4. The van der Waals surface area contributed by atoms with E-state index in [2.05, 4.69) is 19.2 Å². The van der Waals surface area contributed by atoms with Gasteiger partial charge in [0.15, 0.2) is 0 Å². The third-order valence-corrected chi connectivity index (χ3v) is 1.64. The van der Waals surface area contributed by atoms with Crippen LogP contribution in [0.5, 0.6) is 5.75 Å². The Morgan fingerprint density at radius 2 is 2.21 bits per heavy atom. The number of benzene rings is 1. The molecule has 0 spiro atoms. The molecule has 14 heavy (non-hydrogen) atoms. The second-order valence-electron chi connectivity index (χ2n) is 3.36. The van der Waals surface area contributed by atoms with Crippen molar-refractivity contribution in [2.45, 2.75) is 19.9 Å². The molecule has 0 radical (unpaired) electrons. The van der Waals surface area contributed by atoms with E-state index in [0.29, 0.717) is 11.8 Å². The van der Waals surface area contributed by atoms with Gasteiger partial charge in [0.25, 0.3) is 0 Å². The summed E-state index contributed by atoms with van der Waals surface area (Å²) in [5.74, 6) is 0.702. The molecule has 0 aliphatic rings. The quantitative estimate of drug-likeness (QED) is 0.783. The fraction of sp³-hybridized carbons (Fsp3) is 0.455. The molecule has 1 aromatic carbocycles. The van der Waals surface area contributed by atoms with E-state index in [9.17, 15) is 4.39 Å². The third kappa shape index (κ3) is 3.64. The first-order chi connectivity index (χ1) is 6.72. The van der Waals surface area contributed by atoms with Gasteiger partial charge >= 0.3 is 0 Å². The van der Waals surface area contributed by atoms with Gasteiger partial charge < -0.3 is 10.1 Å². The fourth-order valence-electron chi connectivity index (χ4n) is 1.17. The summed E-state index contributed by atoms with van der Waals surface area (Å²) in [7, 11) is 0. The number of anilines is 1. The molecule has 0 heterocycles. The van der Waals surface area contributed by atoms with Crippen molar-refractivity contribution >= 4 is 5.69 Å². The van der Waals surface area contributed by atoms with E-state index in [-0.39, 0.29) is 6.61 Å². The van der Waals surface area contributed by atoms with Crippen molar-refractivity contribution in [3.05, 3.63) is 24.3 Å². The Morgan fingerprint density at radius 3 is 2.86 bits per heavy atom. The van der Waals surface area contributed by atoms with Crippen molar-refractivity contribution in [3.63, 3.8) is 0 Å². The van der Waals surface area contributed by atoms with E-state index < -0.39 is 6.67 Å². The van der Waals surface area contributed by atoms with Crippen LogP contribution in [-0.4, -0.2) is 19.3 Å². The van der Waals surface area contributed by atoms with Gasteiger partial charge in [-0.2, -0.15) is 0 Å². The summed E-state index contributed by atoms with van der Waals surface area (Å²) in [6, 6.07) is 7.92. The van der Waals surface area contributed by atoms with Gasteiger partial charge in [0.1, 0.15) is 19.0 Å². The number of nitrogens with one attached hydrogen (secondary N) is 1. The van der Waals surface area contributed by atoms with E-state index in [1.165, 1.54) is 0 Å². The van der Waals surface area contributed by atoms with Crippen LogP contribution < -0.4 is 10.1 Å². The highest BCUT2D eigenvalue weighted by Gasteiger charge is 1.97. The summed E-state index contributed by atoms with van der Waals surface area (Å²) in [6.07, 6.45) is 0. The van der Waals surface area contributed by atoms with Crippen molar-refractivity contribution in [1.82, 2.24) is 0 Å². The second-order valence-corrected chi connectivity index (χ2v) is 3.36. The largest absolute Gasteiger partial charge is 0.491 e. The highest BCUT2D eigenvalue weighted by atomic mass is 19.1. The highest BCUT2D eigenvalue weighted by molar-refractivity contribution is 5.48. The second kappa shape index (κ2) is 5.47. The average molecular weight is 197 g/mol. The number of rotatable bonds is 5. The molecule has 0 aliphatic carbocycles. The summed E-state index contributed by atoms with van der Waals surface area (Å²) < 4.78 is 17.0. The number of alkyl halides is 1. The molecule has 0 bridgehead atoms. The molecule has 3 heteroatoms. The first-order valence-electron chi connectivity index (χ1n) is 4.77. The van der Waals surface area contributed by atoms with Gasteiger partial charge in [0.05, 0.1) is 0 Å². The molecule has 1 aromatic rings. The summed E-state index contributed by atoms with van der Waals surface area (Å²) >= 11 is 0. The maximum Gasteiger partial charge on any atom is 0.123 e. The van der Waals surface area contributed by atoms with Crippen LogP contribution in [0.1, 0.15) is 13.8 Å². The molecular formula is C11H16FNO. The number of ether oxygens (including phenoxy) is 1. The van der Waals surface area contributed by atoms with Gasteiger partial charge in [-0.05, 0) is 26.0 Å². The molecule has 0 atom stereocenters. The first-order valence-corrected chi connectivity index (χ1v) is 4.77. The van der Waals surface area contributed by atoms with Crippen LogP contribution in [0.4, 0.5) is 10.1 Å². The minimum Gasteiger partial charge on any atom is -0.491 e. The Labute approximate surface area is 84.1 Å². The summed E-state index contributed by atoms with van der Waals surface area (Å²) in [5, 5.41) is 3.25. The minimum atomic E-state index is -0.457. The van der Waals surface area contributed by atoms with Crippen molar-refractivity contribution in [1.29, 1.82) is 0 Å². The van der Waals surface area contributed by atoms with Gasteiger partial charge in [-0.1, -0.05) is 6.07 Å². The third-order valence-electron chi connectivity index (χ3n) is 1.64. The van der Waals surface area contributed by atoms with E-state index in [1.54, 1.807) is 0 Å². The molecule has 0 saturated heterocycles. The van der Waals surface area contributed by atoms with E-state index >= 15 is 0 Å². The van der Waals surface area contributed by atoms with Crippen LogP contribution in [0.15, 0.2) is 24.3 Å². The minimum absolute atomic E-state index is 0.116. The summed E-state index contributed by atoms with van der Waals surface area (Å²) in [4.78, 5) is 0. The number of hydrogen-bond donors (Lipinski definition) is 1. The highest BCUT2D eigenvalue weighted by Crippen LogP contribution is 2.17. The summed E-state index contributed by atoms with van der Waals surface area (Å²) in [5.41, 5.74) is 0.997. The predicted octanol–water partition coefficient (Wildman–Crippen LogP) is 2.86. The standard InChI is InChI=1S/C11H16FNO/c1-9(2)13-10-4-3-5-11(8-10)14-7-6-12/h3-5,8-9,13H,6-7H2,1-2H3. The Kier molecular flexibility index (Phi) is 4.23. The Morgan fingerprint density at radius 1 is 1.43 bits per heavy atom. The molecule has 0 fully saturated rings. The van der Waals surface area contributed by atoms with Gasteiger partial charge in [0.2, 0.25) is 0 Å². The average Bonchev–Trinajstić information content (AvgIpc) is 2.14. The van der Waals surface area contributed by atoms with Gasteiger partial charge in [-0.3, -0.25) is 0 Å². The Bertz CT molecular complexity index is 276. The lowest BCUT2D eigenvalue weighted by molar-refractivity contribution is 0.273. The number of halogens is 1. The van der Waals surface area contributed by atoms with Gasteiger partial charge in [0, 0.05) is 17.8 Å². The van der Waals surface area contributed by atoms with Crippen LogP contribution in [0.3, 0.4) is 0 Å². The molecule has 0 unspecified atom stereocenters. The molecule has 1 rings (SSSR count). The topological polar surface area (TPSA) is 21.3 Å². The molecule has 0 saturated carbocycles. The van der Waals surface area contributed by atoms with Crippen LogP contribution in [0.25, 0.3) is 0 Å². The first kappa shape index (κ1) is 10.8. The maximum atomic E-state index is 11.8. The van der Waals surface area contributed by atoms with Crippen LogP contribution in [-0.2, 0) is 0 Å². The predicted molar refractivity (Wildman–Crippen MR) is 56.7 cm³/mol. The van der Waals surface area contributed by atoms with Crippen molar-refractivity contribution in [3.8, 4) is 5.75 Å². The molecule has 0 aliphatic heterocycles. The lowest BCUT2D eigenvalue weighted by Gasteiger charge is -2.11. The van der Waals surface area contributed by atoms with Gasteiger partial charge in [-0.15, -0.1) is 0 Å². The molecule has 1 N–H and O–H groups in total. The Balaban J connectivity index is 2.59. The van der Waals surface area contributed by atoms with E-state index in [4.69, 9.17) is 4.74 Å². The van der Waals surface area contributed by atoms with Crippen molar-refractivity contribution < 1.29 is 9.13 Å². The lowest BCUT2D eigenvalue weighted by atomic mass is 10.2. The molecule has 2 nitrogen and oxygen atoms in total. The van der Waals surface area contributed by atoms with E-state index in [1.807, 2.05) is 24.3 Å².